The van der Waals surface area contributed by atoms with Gasteiger partial charge in [-0.3, -0.25) is 4.79 Å². The summed E-state index contributed by atoms with van der Waals surface area (Å²) in [4.78, 5) is 24.7. The predicted molar refractivity (Wildman–Crippen MR) is 118 cm³/mol. The van der Waals surface area contributed by atoms with Gasteiger partial charge in [-0.2, -0.15) is 5.10 Å². The molecule has 3 N–H and O–H groups in total. The number of carbonyl (C=O) groups is 2. The summed E-state index contributed by atoms with van der Waals surface area (Å²) in [5.74, 6) is -1.15. The highest BCUT2D eigenvalue weighted by Crippen LogP contribution is 2.35. The standard InChI is InChI=1S/C22H19BrN4O3/c1-12-7-13(2)9-14(8-12)25-21(28)16-11-24-27-19(15-5-3-4-6-17(15)23)10-18(22(29)30)26-20(16)27/h3-11,19,26H,1-2H3,(H,25,28)(H,29,30). The van der Waals surface area contributed by atoms with Crippen LogP contribution in [-0.2, 0) is 4.79 Å². The van der Waals surface area contributed by atoms with E-state index in [4.69, 9.17) is 0 Å². The molecule has 0 spiro atoms. The molecular weight excluding hydrogens is 448 g/mol. The highest BCUT2D eigenvalue weighted by atomic mass is 79.9. The van der Waals surface area contributed by atoms with Crippen molar-refractivity contribution >= 4 is 39.3 Å². The van der Waals surface area contributed by atoms with Gasteiger partial charge in [0.05, 0.1) is 6.20 Å². The van der Waals surface area contributed by atoms with Crippen molar-refractivity contribution in [1.29, 1.82) is 0 Å². The fourth-order valence-corrected chi connectivity index (χ4v) is 4.09. The van der Waals surface area contributed by atoms with Crippen LogP contribution in [-0.4, -0.2) is 26.8 Å². The van der Waals surface area contributed by atoms with E-state index in [1.165, 1.54) is 6.20 Å². The first kappa shape index (κ1) is 19.9. The zero-order chi connectivity index (χ0) is 21.4. The molecule has 0 saturated heterocycles. The molecule has 2 aromatic carbocycles. The number of carbonyl (C=O) groups excluding carboxylic acids is 1. The summed E-state index contributed by atoms with van der Waals surface area (Å²) >= 11 is 3.52. The van der Waals surface area contributed by atoms with Crippen molar-refractivity contribution in [1.82, 2.24) is 9.78 Å². The van der Waals surface area contributed by atoms with Gasteiger partial charge in [0.15, 0.2) is 0 Å². The maximum absolute atomic E-state index is 13.0. The van der Waals surface area contributed by atoms with Gasteiger partial charge in [0, 0.05) is 10.2 Å². The van der Waals surface area contributed by atoms with Gasteiger partial charge in [-0.1, -0.05) is 40.2 Å². The zero-order valence-electron chi connectivity index (χ0n) is 16.3. The molecule has 30 heavy (non-hydrogen) atoms. The third-order valence-corrected chi connectivity index (χ3v) is 5.54. The number of rotatable bonds is 4. The summed E-state index contributed by atoms with van der Waals surface area (Å²) in [6.07, 6.45) is 3.02. The molecule has 0 bridgehead atoms. The number of hydrogen-bond donors (Lipinski definition) is 3. The molecule has 1 aliphatic rings. The Morgan fingerprint density at radius 3 is 2.53 bits per heavy atom. The van der Waals surface area contributed by atoms with Crippen LogP contribution >= 0.6 is 15.9 Å². The van der Waals surface area contributed by atoms with E-state index in [9.17, 15) is 14.7 Å². The summed E-state index contributed by atoms with van der Waals surface area (Å²) in [5.41, 5.74) is 3.83. The summed E-state index contributed by atoms with van der Waals surface area (Å²) in [6.45, 7) is 3.91. The van der Waals surface area contributed by atoms with E-state index < -0.39 is 12.0 Å². The quantitative estimate of drug-likeness (QED) is 0.525. The topological polar surface area (TPSA) is 96.3 Å². The van der Waals surface area contributed by atoms with Crippen molar-refractivity contribution < 1.29 is 14.7 Å². The molecule has 152 valence electrons. The number of carboxylic acid groups (broad SMARTS) is 1. The van der Waals surface area contributed by atoms with Crippen LogP contribution in [0.2, 0.25) is 0 Å². The smallest absolute Gasteiger partial charge is 0.352 e. The lowest BCUT2D eigenvalue weighted by Gasteiger charge is -2.25. The van der Waals surface area contributed by atoms with Crippen molar-refractivity contribution in [2.45, 2.75) is 19.9 Å². The molecule has 7 nitrogen and oxygen atoms in total. The fourth-order valence-electron chi connectivity index (χ4n) is 3.57. The lowest BCUT2D eigenvalue weighted by molar-refractivity contribution is -0.132. The number of nitrogens with one attached hydrogen (secondary N) is 2. The molecule has 0 saturated carbocycles. The van der Waals surface area contributed by atoms with Crippen molar-refractivity contribution in [3.05, 3.63) is 87.2 Å². The Balaban J connectivity index is 1.74. The monoisotopic (exact) mass is 466 g/mol. The highest BCUT2D eigenvalue weighted by Gasteiger charge is 2.30. The van der Waals surface area contributed by atoms with Crippen molar-refractivity contribution in [2.24, 2.45) is 0 Å². The molecule has 0 radical (unpaired) electrons. The first-order chi connectivity index (χ1) is 14.3. The number of anilines is 2. The molecule has 8 heteroatoms. The van der Waals surface area contributed by atoms with Crippen molar-refractivity contribution in [2.75, 3.05) is 10.6 Å². The van der Waals surface area contributed by atoms with Crippen molar-refractivity contribution in [3.63, 3.8) is 0 Å². The molecule has 1 amide bonds. The first-order valence-corrected chi connectivity index (χ1v) is 10.1. The zero-order valence-corrected chi connectivity index (χ0v) is 17.9. The second-order valence-electron chi connectivity index (χ2n) is 7.16. The number of halogens is 1. The van der Waals surface area contributed by atoms with E-state index in [0.717, 1.165) is 21.2 Å². The molecule has 1 aliphatic heterocycles. The molecule has 2 heterocycles. The van der Waals surface area contributed by atoms with Gasteiger partial charge in [-0.15, -0.1) is 0 Å². The summed E-state index contributed by atoms with van der Waals surface area (Å²) in [6, 6.07) is 12.8. The van der Waals surface area contributed by atoms with Crippen LogP contribution in [0.5, 0.6) is 0 Å². The predicted octanol–water partition coefficient (Wildman–Crippen LogP) is 4.50. The fraction of sp³-hybridized carbons (Fsp3) is 0.136. The average molecular weight is 467 g/mol. The minimum Gasteiger partial charge on any atom is -0.477 e. The van der Waals surface area contributed by atoms with Gasteiger partial charge < -0.3 is 15.7 Å². The maximum Gasteiger partial charge on any atom is 0.352 e. The van der Waals surface area contributed by atoms with Crippen LogP contribution in [0.3, 0.4) is 0 Å². The number of hydrogen-bond acceptors (Lipinski definition) is 4. The van der Waals surface area contributed by atoms with E-state index in [0.29, 0.717) is 11.5 Å². The van der Waals surface area contributed by atoms with E-state index in [1.807, 2.05) is 56.3 Å². The minimum atomic E-state index is -1.11. The number of aromatic nitrogens is 2. The number of aliphatic carboxylic acids is 1. The maximum atomic E-state index is 13.0. The number of allylic oxidation sites excluding steroid dienone is 1. The first-order valence-electron chi connectivity index (χ1n) is 9.27. The van der Waals surface area contributed by atoms with Gasteiger partial charge in [-0.05, 0) is 54.8 Å². The largest absolute Gasteiger partial charge is 0.477 e. The van der Waals surface area contributed by atoms with Gasteiger partial charge in [0.25, 0.3) is 5.91 Å². The summed E-state index contributed by atoms with van der Waals surface area (Å²) < 4.78 is 2.43. The minimum absolute atomic E-state index is 0.01000. The Labute approximate surface area is 181 Å². The van der Waals surface area contributed by atoms with E-state index in [2.05, 4.69) is 31.7 Å². The molecular formula is C22H19BrN4O3. The molecule has 0 aliphatic carbocycles. The molecule has 1 atom stereocenters. The van der Waals surface area contributed by atoms with Crippen LogP contribution in [0.25, 0.3) is 0 Å². The Morgan fingerprint density at radius 2 is 1.87 bits per heavy atom. The second kappa shape index (κ2) is 7.79. The molecule has 0 fully saturated rings. The average Bonchev–Trinajstić information content (AvgIpc) is 3.11. The van der Waals surface area contributed by atoms with Gasteiger partial charge in [-0.25, -0.2) is 9.48 Å². The number of carboxylic acids is 1. The number of benzene rings is 2. The Morgan fingerprint density at radius 1 is 1.17 bits per heavy atom. The van der Waals surface area contributed by atoms with Crippen LogP contribution in [0.15, 0.2) is 64.9 Å². The Bertz CT molecular complexity index is 1180. The van der Waals surface area contributed by atoms with Crippen LogP contribution < -0.4 is 10.6 Å². The molecule has 1 aromatic heterocycles. The second-order valence-corrected chi connectivity index (χ2v) is 8.01. The summed E-state index contributed by atoms with van der Waals surface area (Å²) in [5, 5.41) is 19.7. The normalized spacial score (nSPS) is 15.0. The third-order valence-electron chi connectivity index (χ3n) is 4.82. The Kier molecular flexibility index (Phi) is 5.17. The number of nitrogens with zero attached hydrogens (tertiary/aromatic N) is 2. The van der Waals surface area contributed by atoms with E-state index in [1.54, 1.807) is 10.8 Å². The van der Waals surface area contributed by atoms with Crippen LogP contribution in [0, 0.1) is 13.8 Å². The summed E-state index contributed by atoms with van der Waals surface area (Å²) in [7, 11) is 0. The molecule has 3 aromatic rings. The number of amides is 1. The molecule has 4 rings (SSSR count). The Hall–Kier alpha value is -3.39. The van der Waals surface area contributed by atoms with Crippen LogP contribution in [0.1, 0.15) is 33.1 Å². The van der Waals surface area contributed by atoms with E-state index >= 15 is 0 Å². The SMILES string of the molecule is Cc1cc(C)cc(NC(=O)c2cnn3c2NC(C(=O)O)=CC3c2ccccc2Br)c1. The highest BCUT2D eigenvalue weighted by molar-refractivity contribution is 9.10. The molecule has 1 unspecified atom stereocenters. The number of fused-ring (bicyclic) bond motifs is 1. The van der Waals surface area contributed by atoms with E-state index in [-0.39, 0.29) is 17.2 Å². The lowest BCUT2D eigenvalue weighted by atomic mass is 10.0. The van der Waals surface area contributed by atoms with Gasteiger partial charge in [0.1, 0.15) is 23.1 Å². The van der Waals surface area contributed by atoms with Gasteiger partial charge in [0.2, 0.25) is 0 Å². The lowest BCUT2D eigenvalue weighted by Crippen LogP contribution is -2.25. The van der Waals surface area contributed by atoms with Crippen LogP contribution in [0.4, 0.5) is 11.5 Å². The number of aryl methyl sites for hydroxylation is 2. The van der Waals surface area contributed by atoms with Crippen molar-refractivity contribution in [3.8, 4) is 0 Å². The third kappa shape index (κ3) is 3.73. The van der Waals surface area contributed by atoms with Gasteiger partial charge >= 0.3 is 5.97 Å².